The van der Waals surface area contributed by atoms with Crippen molar-refractivity contribution in [2.75, 3.05) is 6.61 Å². The Morgan fingerprint density at radius 2 is 1.23 bits per heavy atom. The van der Waals surface area contributed by atoms with Crippen molar-refractivity contribution in [3.8, 4) is 0 Å². The Kier molecular flexibility index (Phi) is 12.1. The molecule has 0 atom stereocenters. The van der Waals surface area contributed by atoms with Gasteiger partial charge in [0, 0.05) is 6.61 Å². The highest BCUT2D eigenvalue weighted by Gasteiger charge is 1.90. The number of aliphatic hydroxyl groups excluding tert-OH is 1. The maximum Gasteiger partial charge on any atom is 0.0431 e. The summed E-state index contributed by atoms with van der Waals surface area (Å²) >= 11 is 4.75. The van der Waals surface area contributed by atoms with Gasteiger partial charge in [-0.1, -0.05) is 50.7 Å². The minimum Gasteiger partial charge on any atom is -0.396 e. The molecule has 0 aromatic rings. The molecule has 1 N–H and O–H groups in total. The Hall–Kier alpha value is 0.0500. The van der Waals surface area contributed by atoms with Crippen LogP contribution in [0.2, 0.25) is 0 Å². The molecule has 2 heteroatoms. The maximum absolute atomic E-state index is 8.55. The molecule has 0 amide bonds. The number of unbranched alkanes of at least 4 members (excludes halogenated alkanes) is 8. The average Bonchev–Trinajstić information content (AvgIpc) is 2.16. The predicted octanol–water partition coefficient (Wildman–Crippen LogP) is 3.49. The van der Waals surface area contributed by atoms with E-state index in [4.69, 9.17) is 17.3 Å². The maximum atomic E-state index is 8.55. The fourth-order valence-corrected chi connectivity index (χ4v) is 1.57. The van der Waals surface area contributed by atoms with Gasteiger partial charge in [-0.05, 0) is 24.6 Å². The molecular formula is C11H22OS. The van der Waals surface area contributed by atoms with Gasteiger partial charge in [-0.3, -0.25) is 0 Å². The van der Waals surface area contributed by atoms with Gasteiger partial charge in [-0.25, -0.2) is 0 Å². The topological polar surface area (TPSA) is 20.2 Å². The van der Waals surface area contributed by atoms with Crippen molar-refractivity contribution < 1.29 is 5.11 Å². The summed E-state index contributed by atoms with van der Waals surface area (Å²) in [5.74, 6) is 0. The van der Waals surface area contributed by atoms with E-state index < -0.39 is 0 Å². The van der Waals surface area contributed by atoms with E-state index in [1.807, 2.05) is 5.37 Å². The smallest absolute Gasteiger partial charge is 0.0431 e. The summed E-state index contributed by atoms with van der Waals surface area (Å²) in [6.45, 7) is 0.356. The minimum absolute atomic E-state index is 0.356. The zero-order chi connectivity index (χ0) is 9.78. The monoisotopic (exact) mass is 202 g/mol. The largest absolute Gasteiger partial charge is 0.396 e. The van der Waals surface area contributed by atoms with Crippen LogP contribution < -0.4 is 0 Å². The average molecular weight is 202 g/mol. The Balaban J connectivity index is 2.79. The lowest BCUT2D eigenvalue weighted by Crippen LogP contribution is -1.84. The lowest BCUT2D eigenvalue weighted by molar-refractivity contribution is 0.282. The third kappa shape index (κ3) is 12.1. The predicted molar refractivity (Wildman–Crippen MR) is 62.3 cm³/mol. The first-order valence-electron chi connectivity index (χ1n) is 5.46. The first kappa shape index (κ1) is 13.1. The van der Waals surface area contributed by atoms with Gasteiger partial charge in [-0.2, -0.15) is 0 Å². The van der Waals surface area contributed by atoms with Crippen LogP contribution in [0, 0.1) is 0 Å². The van der Waals surface area contributed by atoms with E-state index in [2.05, 4.69) is 0 Å². The van der Waals surface area contributed by atoms with Gasteiger partial charge in [0.1, 0.15) is 0 Å². The van der Waals surface area contributed by atoms with Crippen molar-refractivity contribution in [3.63, 3.8) is 0 Å². The highest BCUT2D eigenvalue weighted by Crippen LogP contribution is 2.08. The molecule has 0 bridgehead atoms. The second-order valence-electron chi connectivity index (χ2n) is 3.51. The molecule has 0 saturated heterocycles. The molecular weight excluding hydrogens is 180 g/mol. The van der Waals surface area contributed by atoms with Crippen LogP contribution in [0.4, 0.5) is 0 Å². The molecule has 78 valence electrons. The van der Waals surface area contributed by atoms with Crippen molar-refractivity contribution in [1.82, 2.24) is 0 Å². The normalized spacial score (nSPS) is 10.2. The quantitative estimate of drug-likeness (QED) is 0.432. The Labute approximate surface area is 87.5 Å². The summed E-state index contributed by atoms with van der Waals surface area (Å²) in [5.41, 5.74) is 0. The SMILES string of the molecule is OCCCCCCCCCCC=S. The molecule has 1 nitrogen and oxygen atoms in total. The summed E-state index contributed by atoms with van der Waals surface area (Å²) in [4.78, 5) is 0. The number of aliphatic hydroxyl groups is 1. The summed E-state index contributed by atoms with van der Waals surface area (Å²) < 4.78 is 0. The van der Waals surface area contributed by atoms with Gasteiger partial charge in [0.05, 0.1) is 0 Å². The van der Waals surface area contributed by atoms with Crippen molar-refractivity contribution in [1.29, 1.82) is 0 Å². The molecule has 0 heterocycles. The van der Waals surface area contributed by atoms with Gasteiger partial charge in [0.2, 0.25) is 0 Å². The second kappa shape index (κ2) is 12.0. The van der Waals surface area contributed by atoms with Gasteiger partial charge < -0.3 is 5.11 Å². The van der Waals surface area contributed by atoms with Crippen LogP contribution in [0.15, 0.2) is 0 Å². The molecule has 0 fully saturated rings. The fourth-order valence-electron chi connectivity index (χ4n) is 1.40. The highest BCUT2D eigenvalue weighted by atomic mass is 32.1. The Bertz CT molecular complexity index is 104. The molecule has 0 aliphatic carbocycles. The summed E-state index contributed by atoms with van der Waals surface area (Å²) in [6, 6.07) is 0. The highest BCUT2D eigenvalue weighted by molar-refractivity contribution is 7.78. The molecule has 0 spiro atoms. The van der Waals surface area contributed by atoms with Crippen LogP contribution >= 0.6 is 12.2 Å². The second-order valence-corrected chi connectivity index (χ2v) is 3.84. The molecule has 0 unspecified atom stereocenters. The Morgan fingerprint density at radius 3 is 1.69 bits per heavy atom. The van der Waals surface area contributed by atoms with Gasteiger partial charge in [0.25, 0.3) is 0 Å². The molecule has 0 aromatic carbocycles. The van der Waals surface area contributed by atoms with E-state index in [1.165, 1.54) is 44.9 Å². The molecule has 0 radical (unpaired) electrons. The molecule has 0 aliphatic heterocycles. The van der Waals surface area contributed by atoms with Crippen molar-refractivity contribution in [3.05, 3.63) is 0 Å². The lowest BCUT2D eigenvalue weighted by atomic mass is 10.1. The van der Waals surface area contributed by atoms with Gasteiger partial charge in [-0.15, -0.1) is 0 Å². The van der Waals surface area contributed by atoms with Gasteiger partial charge in [0.15, 0.2) is 0 Å². The van der Waals surface area contributed by atoms with Crippen LogP contribution in [-0.4, -0.2) is 17.1 Å². The third-order valence-corrected chi connectivity index (χ3v) is 2.47. The van der Waals surface area contributed by atoms with E-state index in [-0.39, 0.29) is 0 Å². The van der Waals surface area contributed by atoms with Crippen molar-refractivity contribution in [2.45, 2.75) is 57.8 Å². The van der Waals surface area contributed by atoms with Crippen LogP contribution in [0.25, 0.3) is 0 Å². The molecule has 0 aromatic heterocycles. The van der Waals surface area contributed by atoms with E-state index >= 15 is 0 Å². The number of thiocarbonyl (C=S) groups is 1. The number of hydrogen-bond acceptors (Lipinski definition) is 2. The number of hydrogen-bond donors (Lipinski definition) is 1. The van der Waals surface area contributed by atoms with E-state index in [9.17, 15) is 0 Å². The van der Waals surface area contributed by atoms with E-state index in [0.717, 1.165) is 12.8 Å². The zero-order valence-electron chi connectivity index (χ0n) is 8.50. The summed E-state index contributed by atoms with van der Waals surface area (Å²) in [5, 5.41) is 10.4. The van der Waals surface area contributed by atoms with Crippen LogP contribution in [-0.2, 0) is 0 Å². The van der Waals surface area contributed by atoms with E-state index in [1.54, 1.807) is 0 Å². The molecule has 0 aliphatic rings. The first-order chi connectivity index (χ1) is 6.41. The van der Waals surface area contributed by atoms with Crippen molar-refractivity contribution in [2.24, 2.45) is 0 Å². The Morgan fingerprint density at radius 1 is 0.769 bits per heavy atom. The van der Waals surface area contributed by atoms with Gasteiger partial charge >= 0.3 is 0 Å². The zero-order valence-corrected chi connectivity index (χ0v) is 9.32. The first-order valence-corrected chi connectivity index (χ1v) is 5.93. The standard InChI is InChI=1S/C11H22OS/c12-10-8-6-4-2-1-3-5-7-9-11-13/h11-12H,1-10H2. The summed E-state index contributed by atoms with van der Waals surface area (Å²) in [7, 11) is 0. The molecule has 0 rings (SSSR count). The van der Waals surface area contributed by atoms with Crippen LogP contribution in [0.3, 0.4) is 0 Å². The minimum atomic E-state index is 0.356. The van der Waals surface area contributed by atoms with E-state index in [0.29, 0.717) is 6.61 Å². The molecule has 13 heavy (non-hydrogen) atoms. The third-order valence-electron chi connectivity index (χ3n) is 2.23. The fraction of sp³-hybridized carbons (Fsp3) is 0.909. The molecule has 0 saturated carbocycles. The van der Waals surface area contributed by atoms with Crippen molar-refractivity contribution >= 4 is 17.6 Å². The summed E-state index contributed by atoms with van der Waals surface area (Å²) in [6.07, 6.45) is 11.2. The van der Waals surface area contributed by atoms with Crippen LogP contribution in [0.1, 0.15) is 57.8 Å². The van der Waals surface area contributed by atoms with Crippen LogP contribution in [0.5, 0.6) is 0 Å². The lowest BCUT2D eigenvalue weighted by Gasteiger charge is -1.99. The number of rotatable bonds is 10.